The Morgan fingerprint density at radius 2 is 1.87 bits per heavy atom. The third-order valence-electron chi connectivity index (χ3n) is 4.93. The molecule has 0 spiro atoms. The van der Waals surface area contributed by atoms with E-state index < -0.39 is 0 Å². The Labute approximate surface area is 187 Å². The minimum atomic E-state index is -0.310. The fourth-order valence-corrected chi connectivity index (χ4v) is 4.17. The number of carbonyl (C=O) groups excluding carboxylic acids is 1. The lowest BCUT2D eigenvalue weighted by Crippen LogP contribution is -2.13. The highest BCUT2D eigenvalue weighted by Gasteiger charge is 2.19. The zero-order valence-electron chi connectivity index (χ0n) is 16.9. The maximum absolute atomic E-state index is 13.1. The van der Waals surface area contributed by atoms with Crippen LogP contribution in [0.5, 0.6) is 11.5 Å². The highest BCUT2D eigenvalue weighted by molar-refractivity contribution is 9.10. The Morgan fingerprint density at radius 3 is 2.58 bits per heavy atom. The normalized spacial score (nSPS) is 10.8. The zero-order chi connectivity index (χ0) is 22.0. The van der Waals surface area contributed by atoms with Gasteiger partial charge in [-0.3, -0.25) is 4.79 Å². The number of aliphatic hydroxyl groups excluding tert-OH is 1. The van der Waals surface area contributed by atoms with Crippen molar-refractivity contribution in [1.29, 1.82) is 0 Å². The molecule has 4 aromatic rings. The molecule has 158 valence electrons. The first-order chi connectivity index (χ1) is 15.0. The van der Waals surface area contributed by atoms with Crippen molar-refractivity contribution in [3.63, 3.8) is 0 Å². The largest absolute Gasteiger partial charge is 0.496 e. The van der Waals surface area contributed by atoms with Crippen molar-refractivity contribution >= 4 is 38.3 Å². The number of hydrogen-bond donors (Lipinski definition) is 2. The second-order valence-corrected chi connectivity index (χ2v) is 7.58. The molecule has 0 saturated heterocycles. The molecular formula is C24H20BrNO5. The Bertz CT molecular complexity index is 1260. The lowest BCUT2D eigenvalue weighted by Gasteiger charge is -2.14. The minimum absolute atomic E-state index is 0.199. The number of hydrogen-bond acceptors (Lipinski definition) is 5. The number of halogens is 1. The van der Waals surface area contributed by atoms with Crippen molar-refractivity contribution in [2.75, 3.05) is 19.5 Å². The highest BCUT2D eigenvalue weighted by atomic mass is 79.9. The number of ether oxygens (including phenoxy) is 2. The second kappa shape index (κ2) is 8.83. The summed E-state index contributed by atoms with van der Waals surface area (Å²) in [5.41, 5.74) is 1.63. The van der Waals surface area contributed by atoms with Gasteiger partial charge in [0, 0.05) is 5.69 Å². The van der Waals surface area contributed by atoms with Gasteiger partial charge in [-0.15, -0.1) is 0 Å². The molecule has 0 unspecified atom stereocenters. The average molecular weight is 482 g/mol. The fourth-order valence-electron chi connectivity index (χ4n) is 3.44. The lowest BCUT2D eigenvalue weighted by molar-refractivity contribution is 0.102. The molecule has 2 N–H and O–H groups in total. The predicted octanol–water partition coefficient (Wildman–Crippen LogP) is 5.62. The van der Waals surface area contributed by atoms with Gasteiger partial charge in [0.2, 0.25) is 0 Å². The highest BCUT2D eigenvalue weighted by Crippen LogP contribution is 2.38. The van der Waals surface area contributed by atoms with Gasteiger partial charge in [0.25, 0.3) is 5.91 Å². The van der Waals surface area contributed by atoms with E-state index in [9.17, 15) is 9.90 Å². The summed E-state index contributed by atoms with van der Waals surface area (Å²) in [7, 11) is 3.09. The number of aliphatic hydroxyl groups is 1. The standard InChI is InChI=1S/C24H20BrNO5/c1-29-20-9-7-15(12-18(20)21-10-8-16(13-27)31-21)26-24(28)19-11-14-5-3-4-6-17(14)22(25)23(19)30-2/h3-12,27H,13H2,1-2H3,(H,26,28). The van der Waals surface area contributed by atoms with Crippen LogP contribution in [0.25, 0.3) is 22.1 Å². The van der Waals surface area contributed by atoms with Crippen molar-refractivity contribution in [2.45, 2.75) is 6.61 Å². The predicted molar refractivity (Wildman–Crippen MR) is 123 cm³/mol. The molecule has 0 aliphatic heterocycles. The number of amides is 1. The number of anilines is 1. The van der Waals surface area contributed by atoms with E-state index in [1.807, 2.05) is 24.3 Å². The molecule has 0 saturated carbocycles. The van der Waals surface area contributed by atoms with Gasteiger partial charge in [-0.05, 0) is 63.1 Å². The Morgan fingerprint density at radius 1 is 1.06 bits per heavy atom. The van der Waals surface area contributed by atoms with E-state index in [2.05, 4.69) is 21.2 Å². The Kier molecular flexibility index (Phi) is 5.97. The molecule has 1 amide bonds. The van der Waals surface area contributed by atoms with E-state index in [1.54, 1.807) is 43.5 Å². The SMILES string of the molecule is COc1ccc(NC(=O)c2cc3ccccc3c(Br)c2OC)cc1-c1ccc(CO)o1. The first-order valence-corrected chi connectivity index (χ1v) is 10.3. The van der Waals surface area contributed by atoms with Crippen molar-refractivity contribution in [1.82, 2.24) is 0 Å². The van der Waals surface area contributed by atoms with Gasteiger partial charge in [0.05, 0.1) is 29.8 Å². The van der Waals surface area contributed by atoms with Gasteiger partial charge < -0.3 is 24.3 Å². The zero-order valence-corrected chi connectivity index (χ0v) is 18.5. The first-order valence-electron chi connectivity index (χ1n) is 9.50. The van der Waals surface area contributed by atoms with Crippen LogP contribution in [0.1, 0.15) is 16.1 Å². The van der Waals surface area contributed by atoms with Crippen LogP contribution in [-0.2, 0) is 6.61 Å². The van der Waals surface area contributed by atoms with E-state index in [0.29, 0.717) is 39.8 Å². The number of fused-ring (bicyclic) bond motifs is 1. The van der Waals surface area contributed by atoms with Gasteiger partial charge in [-0.25, -0.2) is 0 Å². The van der Waals surface area contributed by atoms with Gasteiger partial charge in [0.1, 0.15) is 29.6 Å². The minimum Gasteiger partial charge on any atom is -0.496 e. The van der Waals surface area contributed by atoms with Crippen molar-refractivity contribution in [2.24, 2.45) is 0 Å². The topological polar surface area (TPSA) is 80.9 Å². The molecule has 0 radical (unpaired) electrons. The summed E-state index contributed by atoms with van der Waals surface area (Å²) in [4.78, 5) is 13.1. The molecule has 1 heterocycles. The quantitative estimate of drug-likeness (QED) is 0.373. The molecule has 0 atom stereocenters. The molecule has 0 aliphatic rings. The summed E-state index contributed by atoms with van der Waals surface area (Å²) < 4.78 is 17.3. The smallest absolute Gasteiger partial charge is 0.259 e. The molecule has 7 heteroatoms. The van der Waals surface area contributed by atoms with Crippen molar-refractivity contribution in [3.05, 3.63) is 76.5 Å². The molecule has 4 rings (SSSR count). The van der Waals surface area contributed by atoms with E-state index in [0.717, 1.165) is 15.2 Å². The summed E-state index contributed by atoms with van der Waals surface area (Å²) in [6.07, 6.45) is 0. The van der Waals surface area contributed by atoms with Gasteiger partial charge in [-0.1, -0.05) is 24.3 Å². The fraction of sp³-hybridized carbons (Fsp3) is 0.125. The van der Waals surface area contributed by atoms with Gasteiger partial charge in [-0.2, -0.15) is 0 Å². The van der Waals surface area contributed by atoms with E-state index in [-0.39, 0.29) is 12.5 Å². The van der Waals surface area contributed by atoms with Crippen LogP contribution >= 0.6 is 15.9 Å². The summed E-state index contributed by atoms with van der Waals surface area (Å²) in [5.74, 6) is 1.71. The molecule has 6 nitrogen and oxygen atoms in total. The summed E-state index contributed by atoms with van der Waals surface area (Å²) >= 11 is 3.56. The molecular weight excluding hydrogens is 462 g/mol. The Balaban J connectivity index is 1.71. The van der Waals surface area contributed by atoms with E-state index in [4.69, 9.17) is 13.9 Å². The summed E-state index contributed by atoms with van der Waals surface area (Å²) in [5, 5.41) is 14.1. The van der Waals surface area contributed by atoms with Crippen LogP contribution in [0.15, 0.2) is 69.6 Å². The summed E-state index contributed by atoms with van der Waals surface area (Å²) in [6, 6.07) is 18.3. The molecule has 1 aromatic heterocycles. The number of methoxy groups -OCH3 is 2. The van der Waals surface area contributed by atoms with Crippen LogP contribution in [-0.4, -0.2) is 25.2 Å². The monoisotopic (exact) mass is 481 g/mol. The van der Waals surface area contributed by atoms with Gasteiger partial charge in [0.15, 0.2) is 0 Å². The molecule has 0 aliphatic carbocycles. The number of nitrogens with one attached hydrogen (secondary N) is 1. The Hall–Kier alpha value is -3.29. The number of carbonyl (C=O) groups is 1. The average Bonchev–Trinajstić information content (AvgIpc) is 3.28. The van der Waals surface area contributed by atoms with Crippen LogP contribution < -0.4 is 14.8 Å². The third-order valence-corrected chi connectivity index (χ3v) is 5.72. The molecule has 31 heavy (non-hydrogen) atoms. The van der Waals surface area contributed by atoms with Crippen LogP contribution in [0, 0.1) is 0 Å². The molecule has 3 aromatic carbocycles. The number of furan rings is 1. The van der Waals surface area contributed by atoms with E-state index >= 15 is 0 Å². The number of rotatable bonds is 6. The maximum atomic E-state index is 13.1. The second-order valence-electron chi connectivity index (χ2n) is 6.79. The molecule has 0 bridgehead atoms. The number of benzene rings is 3. The van der Waals surface area contributed by atoms with Crippen LogP contribution in [0.2, 0.25) is 0 Å². The molecule has 0 fully saturated rings. The van der Waals surface area contributed by atoms with Gasteiger partial charge >= 0.3 is 0 Å². The first kappa shape index (κ1) is 21.0. The van der Waals surface area contributed by atoms with Crippen molar-refractivity contribution in [3.8, 4) is 22.8 Å². The summed E-state index contributed by atoms with van der Waals surface area (Å²) in [6.45, 7) is -0.199. The third kappa shape index (κ3) is 4.02. The van der Waals surface area contributed by atoms with Crippen LogP contribution in [0.4, 0.5) is 5.69 Å². The maximum Gasteiger partial charge on any atom is 0.259 e. The lowest BCUT2D eigenvalue weighted by atomic mass is 10.0. The van der Waals surface area contributed by atoms with Crippen molar-refractivity contribution < 1.29 is 23.8 Å². The van der Waals surface area contributed by atoms with E-state index in [1.165, 1.54) is 7.11 Å². The van der Waals surface area contributed by atoms with Crippen LogP contribution in [0.3, 0.4) is 0 Å².